The molecule has 0 aliphatic rings. The number of carbonyl (C=O) groups is 2. The number of nitrogens with zero attached hydrogens (tertiary/aromatic N) is 2. The standard InChI is InChI=1S/C17H19N5O4/c18-13(16(23)24)6-11-8-22(9-20-11)21-15(17(25)26)5-10-7-19-14-4-2-1-3-12(10)14/h1-4,7-9,13,15,19,21H,5-6,18H2,(H,23,24)(H,25,26)/t13-,15-/m0/s1. The van der Waals surface area contributed by atoms with Crippen LogP contribution in [0, 0.1) is 0 Å². The van der Waals surface area contributed by atoms with Crippen LogP contribution in [0.5, 0.6) is 0 Å². The Morgan fingerprint density at radius 3 is 2.73 bits per heavy atom. The minimum Gasteiger partial charge on any atom is -0.480 e. The summed E-state index contributed by atoms with van der Waals surface area (Å²) in [5.74, 6) is -2.12. The van der Waals surface area contributed by atoms with E-state index in [-0.39, 0.29) is 12.8 Å². The SMILES string of the molecule is N[C@@H](Cc1cn(N[C@@H](Cc2c[nH]c3ccccc23)C(=O)O)cn1)C(=O)O. The van der Waals surface area contributed by atoms with E-state index in [0.29, 0.717) is 5.69 Å². The first-order valence-corrected chi connectivity index (χ1v) is 7.99. The second kappa shape index (κ2) is 7.28. The molecule has 6 N–H and O–H groups in total. The summed E-state index contributed by atoms with van der Waals surface area (Å²) in [7, 11) is 0. The molecule has 0 saturated carbocycles. The molecule has 0 aliphatic heterocycles. The predicted molar refractivity (Wildman–Crippen MR) is 94.3 cm³/mol. The van der Waals surface area contributed by atoms with E-state index < -0.39 is 24.0 Å². The summed E-state index contributed by atoms with van der Waals surface area (Å²) in [6.07, 6.45) is 5.06. The van der Waals surface area contributed by atoms with Crippen molar-refractivity contribution < 1.29 is 19.8 Å². The van der Waals surface area contributed by atoms with Gasteiger partial charge in [0, 0.05) is 36.1 Å². The summed E-state index contributed by atoms with van der Waals surface area (Å²) in [5, 5.41) is 19.3. The van der Waals surface area contributed by atoms with Gasteiger partial charge in [-0.2, -0.15) is 0 Å². The number of benzene rings is 1. The van der Waals surface area contributed by atoms with Crippen molar-refractivity contribution in [3.8, 4) is 0 Å². The Bertz CT molecular complexity index is 932. The van der Waals surface area contributed by atoms with Gasteiger partial charge in [-0.1, -0.05) is 18.2 Å². The Hall–Kier alpha value is -3.33. The lowest BCUT2D eigenvalue weighted by Gasteiger charge is -2.15. The van der Waals surface area contributed by atoms with Gasteiger partial charge in [-0.15, -0.1) is 0 Å². The third-order valence-corrected chi connectivity index (χ3v) is 4.08. The smallest absolute Gasteiger partial charge is 0.328 e. The van der Waals surface area contributed by atoms with Crippen LogP contribution < -0.4 is 11.2 Å². The van der Waals surface area contributed by atoms with Gasteiger partial charge in [0.2, 0.25) is 0 Å². The molecule has 136 valence electrons. The fourth-order valence-electron chi connectivity index (χ4n) is 2.74. The highest BCUT2D eigenvalue weighted by Crippen LogP contribution is 2.19. The third kappa shape index (κ3) is 3.83. The molecule has 3 aromatic rings. The number of nitrogens with two attached hydrogens (primary N) is 1. The second-order valence-electron chi connectivity index (χ2n) is 6.00. The maximum absolute atomic E-state index is 11.6. The highest BCUT2D eigenvalue weighted by Gasteiger charge is 2.20. The number of H-pyrrole nitrogens is 1. The molecule has 0 bridgehead atoms. The Balaban J connectivity index is 1.72. The monoisotopic (exact) mass is 357 g/mol. The van der Waals surface area contributed by atoms with Gasteiger partial charge in [-0.25, -0.2) is 9.78 Å². The molecule has 2 aromatic heterocycles. The van der Waals surface area contributed by atoms with Gasteiger partial charge in [0.1, 0.15) is 18.4 Å². The molecule has 0 spiro atoms. The van der Waals surface area contributed by atoms with Crippen molar-refractivity contribution in [2.24, 2.45) is 5.73 Å². The highest BCUT2D eigenvalue weighted by atomic mass is 16.4. The Morgan fingerprint density at radius 1 is 1.23 bits per heavy atom. The number of aromatic amines is 1. The molecular weight excluding hydrogens is 338 g/mol. The molecular formula is C17H19N5O4. The Kier molecular flexibility index (Phi) is 4.90. The van der Waals surface area contributed by atoms with E-state index in [2.05, 4.69) is 15.4 Å². The number of hydrogen-bond donors (Lipinski definition) is 5. The average Bonchev–Trinajstić information content (AvgIpc) is 3.21. The normalized spacial score (nSPS) is 13.4. The maximum Gasteiger partial charge on any atom is 0.328 e. The van der Waals surface area contributed by atoms with Crippen LogP contribution in [0.3, 0.4) is 0 Å². The van der Waals surface area contributed by atoms with Crippen molar-refractivity contribution in [3.63, 3.8) is 0 Å². The third-order valence-electron chi connectivity index (χ3n) is 4.08. The van der Waals surface area contributed by atoms with Crippen molar-refractivity contribution in [3.05, 3.63) is 54.2 Å². The molecule has 0 fully saturated rings. The van der Waals surface area contributed by atoms with E-state index in [0.717, 1.165) is 16.5 Å². The Morgan fingerprint density at radius 2 is 2.00 bits per heavy atom. The van der Waals surface area contributed by atoms with Gasteiger partial charge < -0.3 is 26.4 Å². The molecule has 2 atom stereocenters. The molecule has 0 radical (unpaired) electrons. The van der Waals surface area contributed by atoms with Crippen LogP contribution in [0.2, 0.25) is 0 Å². The first-order chi connectivity index (χ1) is 12.4. The number of imidazole rings is 1. The van der Waals surface area contributed by atoms with Crippen molar-refractivity contribution in [1.29, 1.82) is 0 Å². The number of carboxylic acids is 2. The minimum atomic E-state index is -1.12. The number of rotatable bonds is 8. The van der Waals surface area contributed by atoms with Crippen molar-refractivity contribution >= 4 is 22.8 Å². The lowest BCUT2D eigenvalue weighted by Crippen LogP contribution is -2.36. The van der Waals surface area contributed by atoms with Crippen LogP contribution in [0.25, 0.3) is 10.9 Å². The molecule has 1 aromatic carbocycles. The fraction of sp³-hybridized carbons (Fsp3) is 0.235. The molecule has 9 nitrogen and oxygen atoms in total. The van der Waals surface area contributed by atoms with Crippen LogP contribution in [0.1, 0.15) is 11.3 Å². The Labute approximate surface area is 148 Å². The zero-order chi connectivity index (χ0) is 18.7. The molecule has 0 unspecified atom stereocenters. The lowest BCUT2D eigenvalue weighted by atomic mass is 10.1. The number of hydrogen-bond acceptors (Lipinski definition) is 5. The highest BCUT2D eigenvalue weighted by molar-refractivity contribution is 5.84. The van der Waals surface area contributed by atoms with Crippen molar-refractivity contribution in [2.75, 3.05) is 5.43 Å². The van der Waals surface area contributed by atoms with Gasteiger partial charge in [0.15, 0.2) is 0 Å². The van der Waals surface area contributed by atoms with Crippen LogP contribution in [-0.4, -0.2) is 48.9 Å². The zero-order valence-electron chi connectivity index (χ0n) is 13.8. The maximum atomic E-state index is 11.6. The van der Waals surface area contributed by atoms with Crippen LogP contribution in [-0.2, 0) is 22.4 Å². The van der Waals surface area contributed by atoms with E-state index in [9.17, 15) is 14.7 Å². The molecule has 9 heteroatoms. The number of fused-ring (bicyclic) bond motifs is 1. The quantitative estimate of drug-likeness (QED) is 0.396. The van der Waals surface area contributed by atoms with Gasteiger partial charge in [-0.3, -0.25) is 9.47 Å². The van der Waals surface area contributed by atoms with E-state index in [4.69, 9.17) is 10.8 Å². The largest absolute Gasteiger partial charge is 0.480 e. The lowest BCUT2D eigenvalue weighted by molar-refractivity contribution is -0.139. The molecule has 2 heterocycles. The number of aliphatic carboxylic acids is 2. The summed E-state index contributed by atoms with van der Waals surface area (Å²) in [5.41, 5.74) is 10.6. The fourth-order valence-corrected chi connectivity index (χ4v) is 2.74. The first-order valence-electron chi connectivity index (χ1n) is 7.99. The second-order valence-corrected chi connectivity index (χ2v) is 6.00. The van der Waals surface area contributed by atoms with E-state index >= 15 is 0 Å². The van der Waals surface area contributed by atoms with Crippen molar-refractivity contribution in [1.82, 2.24) is 14.6 Å². The zero-order valence-corrected chi connectivity index (χ0v) is 13.8. The number of aromatic nitrogens is 3. The summed E-state index contributed by atoms with van der Waals surface area (Å²) >= 11 is 0. The average molecular weight is 357 g/mol. The number of para-hydroxylation sites is 1. The first kappa shape index (κ1) is 17.5. The van der Waals surface area contributed by atoms with Gasteiger partial charge in [-0.05, 0) is 11.6 Å². The summed E-state index contributed by atoms with van der Waals surface area (Å²) in [4.78, 5) is 29.6. The van der Waals surface area contributed by atoms with E-state index in [1.54, 1.807) is 6.20 Å². The molecule has 3 rings (SSSR count). The van der Waals surface area contributed by atoms with Crippen LogP contribution in [0.4, 0.5) is 0 Å². The molecule has 0 aliphatic carbocycles. The summed E-state index contributed by atoms with van der Waals surface area (Å²) in [6.45, 7) is 0. The molecule has 0 saturated heterocycles. The van der Waals surface area contributed by atoms with Crippen LogP contribution in [0.15, 0.2) is 43.0 Å². The number of nitrogens with one attached hydrogen (secondary N) is 2. The number of carboxylic acid groups (broad SMARTS) is 2. The predicted octanol–water partition coefficient (Wildman–Crippen LogP) is 0.558. The van der Waals surface area contributed by atoms with Crippen LogP contribution >= 0.6 is 0 Å². The van der Waals surface area contributed by atoms with Gasteiger partial charge in [0.25, 0.3) is 0 Å². The van der Waals surface area contributed by atoms with Gasteiger partial charge >= 0.3 is 11.9 Å². The minimum absolute atomic E-state index is 0.0597. The molecule has 26 heavy (non-hydrogen) atoms. The van der Waals surface area contributed by atoms with Crippen molar-refractivity contribution in [2.45, 2.75) is 24.9 Å². The summed E-state index contributed by atoms with van der Waals surface area (Å²) < 4.78 is 1.41. The van der Waals surface area contributed by atoms with E-state index in [1.807, 2.05) is 24.3 Å². The van der Waals surface area contributed by atoms with E-state index in [1.165, 1.54) is 17.2 Å². The summed E-state index contributed by atoms with van der Waals surface area (Å²) in [6, 6.07) is 5.73. The molecule has 0 amide bonds. The van der Waals surface area contributed by atoms with Gasteiger partial charge in [0.05, 0.1) is 5.69 Å². The topological polar surface area (TPSA) is 146 Å².